The number of benzene rings is 1. The van der Waals surface area contributed by atoms with Gasteiger partial charge >= 0.3 is 0 Å². The van der Waals surface area contributed by atoms with Crippen LogP contribution in [0.4, 0.5) is 5.13 Å². The van der Waals surface area contributed by atoms with Crippen molar-refractivity contribution in [3.63, 3.8) is 0 Å². The number of nitrogens with one attached hydrogen (secondary N) is 1. The molecule has 0 aliphatic carbocycles. The van der Waals surface area contributed by atoms with E-state index in [0.717, 1.165) is 29.0 Å². The summed E-state index contributed by atoms with van der Waals surface area (Å²) in [6, 6.07) is 5.40. The molecular formula is C17H24ClN3O2S. The molecular weight excluding hydrogens is 346 g/mol. The van der Waals surface area contributed by atoms with Crippen molar-refractivity contribution in [3.05, 3.63) is 29.1 Å². The van der Waals surface area contributed by atoms with E-state index < -0.39 is 6.04 Å². The molecule has 1 aromatic heterocycles. The zero-order valence-corrected chi connectivity index (χ0v) is 16.0. The van der Waals surface area contributed by atoms with Crippen LogP contribution in [0.5, 0.6) is 5.75 Å². The fraction of sp³-hybridized carbons (Fsp3) is 0.412. The number of amides is 1. The van der Waals surface area contributed by atoms with Gasteiger partial charge < -0.3 is 15.8 Å². The average Bonchev–Trinajstić information content (AvgIpc) is 3.01. The summed E-state index contributed by atoms with van der Waals surface area (Å²) in [6.45, 7) is 6.00. The van der Waals surface area contributed by atoms with E-state index in [2.05, 4.69) is 10.3 Å². The summed E-state index contributed by atoms with van der Waals surface area (Å²) < 4.78 is 5.39. The van der Waals surface area contributed by atoms with Crippen LogP contribution in [0.15, 0.2) is 23.6 Å². The van der Waals surface area contributed by atoms with Crippen LogP contribution < -0.4 is 15.8 Å². The minimum Gasteiger partial charge on any atom is -0.496 e. The Morgan fingerprint density at radius 2 is 2.17 bits per heavy atom. The minimum atomic E-state index is -0.527. The molecule has 0 bridgehead atoms. The molecule has 7 heteroatoms. The first kappa shape index (κ1) is 20.4. The Labute approximate surface area is 153 Å². The second-order valence-electron chi connectivity index (χ2n) is 5.64. The predicted octanol–water partition coefficient (Wildman–Crippen LogP) is 3.86. The van der Waals surface area contributed by atoms with Crippen molar-refractivity contribution in [2.45, 2.75) is 33.2 Å². The van der Waals surface area contributed by atoms with Crippen LogP contribution >= 0.6 is 23.7 Å². The maximum Gasteiger partial charge on any atom is 0.243 e. The molecule has 1 heterocycles. The largest absolute Gasteiger partial charge is 0.496 e. The lowest BCUT2D eigenvalue weighted by molar-refractivity contribution is -0.118. The van der Waals surface area contributed by atoms with Crippen LogP contribution in [0.2, 0.25) is 0 Å². The van der Waals surface area contributed by atoms with E-state index in [0.29, 0.717) is 5.13 Å². The highest BCUT2D eigenvalue weighted by molar-refractivity contribution is 7.14. The number of hydrogen-bond donors (Lipinski definition) is 2. The van der Waals surface area contributed by atoms with Crippen molar-refractivity contribution < 1.29 is 9.53 Å². The third-order valence-electron chi connectivity index (χ3n) is 3.92. The Kier molecular flexibility index (Phi) is 7.66. The molecule has 0 saturated heterocycles. The molecule has 0 fully saturated rings. The van der Waals surface area contributed by atoms with Crippen molar-refractivity contribution >= 4 is 34.8 Å². The van der Waals surface area contributed by atoms with Gasteiger partial charge in [0.2, 0.25) is 5.91 Å². The lowest BCUT2D eigenvalue weighted by Gasteiger charge is -2.16. The van der Waals surface area contributed by atoms with Gasteiger partial charge in [-0.3, -0.25) is 4.79 Å². The van der Waals surface area contributed by atoms with E-state index in [1.165, 1.54) is 11.3 Å². The number of nitrogens with two attached hydrogens (primary N) is 1. The highest BCUT2D eigenvalue weighted by Crippen LogP contribution is 2.33. The van der Waals surface area contributed by atoms with Gasteiger partial charge in [-0.2, -0.15) is 0 Å². The molecule has 2 rings (SSSR count). The zero-order chi connectivity index (χ0) is 17.0. The van der Waals surface area contributed by atoms with Crippen LogP contribution in [0, 0.1) is 12.8 Å². The molecule has 0 aliphatic rings. The Balaban J connectivity index is 0.00000288. The molecule has 0 radical (unpaired) electrons. The molecule has 3 N–H and O–H groups in total. The number of aryl methyl sites for hydroxylation is 1. The monoisotopic (exact) mass is 369 g/mol. The Morgan fingerprint density at radius 1 is 1.46 bits per heavy atom. The smallest absolute Gasteiger partial charge is 0.243 e. The van der Waals surface area contributed by atoms with Gasteiger partial charge in [0.15, 0.2) is 5.13 Å². The fourth-order valence-electron chi connectivity index (χ4n) is 2.18. The van der Waals surface area contributed by atoms with Crippen molar-refractivity contribution in [2.75, 3.05) is 12.4 Å². The normalized spacial score (nSPS) is 12.9. The summed E-state index contributed by atoms with van der Waals surface area (Å²) in [6.07, 6.45) is 0.859. The maximum atomic E-state index is 12.1. The third kappa shape index (κ3) is 4.69. The van der Waals surface area contributed by atoms with E-state index in [4.69, 9.17) is 10.5 Å². The molecule has 5 nitrogen and oxygen atoms in total. The number of carbonyl (C=O) groups is 1. The Hall–Kier alpha value is -1.63. The summed E-state index contributed by atoms with van der Waals surface area (Å²) in [5.41, 5.74) is 8.76. The van der Waals surface area contributed by atoms with Crippen molar-refractivity contribution in [3.8, 4) is 17.0 Å². The first-order valence-corrected chi connectivity index (χ1v) is 8.51. The van der Waals surface area contributed by atoms with Gasteiger partial charge in [-0.15, -0.1) is 23.7 Å². The van der Waals surface area contributed by atoms with E-state index in [1.807, 2.05) is 44.4 Å². The van der Waals surface area contributed by atoms with Crippen LogP contribution in [0.3, 0.4) is 0 Å². The van der Waals surface area contributed by atoms with Crippen LogP contribution in [0.25, 0.3) is 11.3 Å². The standard InChI is InChI=1S/C17H23N3O2S.ClH/c1-5-11(3)15(18)16(21)20-17-19-13(9-23-17)12-8-10(2)6-7-14(12)22-4;/h6-9,11,15H,5,18H2,1-4H3,(H,19,20,21);1H. The molecule has 2 atom stereocenters. The third-order valence-corrected chi connectivity index (χ3v) is 4.68. The quantitative estimate of drug-likeness (QED) is 0.810. The van der Waals surface area contributed by atoms with Crippen molar-refractivity contribution in [2.24, 2.45) is 11.7 Å². The molecule has 0 spiro atoms. The second kappa shape index (κ2) is 9.01. The molecule has 132 valence electrons. The molecule has 1 aromatic carbocycles. The lowest BCUT2D eigenvalue weighted by Crippen LogP contribution is -2.40. The van der Waals surface area contributed by atoms with Crippen LogP contribution in [0.1, 0.15) is 25.8 Å². The number of carbonyl (C=O) groups excluding carboxylic acids is 1. The average molecular weight is 370 g/mol. The number of methoxy groups -OCH3 is 1. The first-order chi connectivity index (χ1) is 11.0. The molecule has 0 saturated carbocycles. The van der Waals surface area contributed by atoms with Gasteiger partial charge in [0.1, 0.15) is 5.75 Å². The Bertz CT molecular complexity index is 690. The van der Waals surface area contributed by atoms with Gasteiger partial charge in [0.05, 0.1) is 18.8 Å². The number of hydrogen-bond acceptors (Lipinski definition) is 5. The maximum absolute atomic E-state index is 12.1. The fourth-order valence-corrected chi connectivity index (χ4v) is 2.89. The summed E-state index contributed by atoms with van der Waals surface area (Å²) in [4.78, 5) is 16.6. The summed E-state index contributed by atoms with van der Waals surface area (Å²) in [5.74, 6) is 0.692. The van der Waals surface area contributed by atoms with Gasteiger partial charge in [-0.25, -0.2) is 4.98 Å². The molecule has 0 aliphatic heterocycles. The van der Waals surface area contributed by atoms with Gasteiger partial charge in [0, 0.05) is 10.9 Å². The van der Waals surface area contributed by atoms with E-state index in [-0.39, 0.29) is 24.2 Å². The summed E-state index contributed by atoms with van der Waals surface area (Å²) >= 11 is 1.38. The number of ether oxygens (including phenoxy) is 1. The first-order valence-electron chi connectivity index (χ1n) is 7.63. The summed E-state index contributed by atoms with van der Waals surface area (Å²) in [5, 5.41) is 5.25. The van der Waals surface area contributed by atoms with Gasteiger partial charge in [-0.1, -0.05) is 31.9 Å². The van der Waals surface area contributed by atoms with Gasteiger partial charge in [-0.05, 0) is 25.0 Å². The van der Waals surface area contributed by atoms with Crippen molar-refractivity contribution in [1.29, 1.82) is 0 Å². The predicted molar refractivity (Wildman–Crippen MR) is 102 cm³/mol. The van der Waals surface area contributed by atoms with Crippen molar-refractivity contribution in [1.82, 2.24) is 4.98 Å². The van der Waals surface area contributed by atoms with Gasteiger partial charge in [0.25, 0.3) is 0 Å². The van der Waals surface area contributed by atoms with Crippen LogP contribution in [-0.2, 0) is 4.79 Å². The number of halogens is 1. The lowest BCUT2D eigenvalue weighted by atomic mass is 10.00. The minimum absolute atomic E-state index is 0. The SMILES string of the molecule is CCC(C)C(N)C(=O)Nc1nc(-c2cc(C)ccc2OC)cs1.Cl. The van der Waals surface area contributed by atoms with Crippen LogP contribution in [-0.4, -0.2) is 24.0 Å². The highest BCUT2D eigenvalue weighted by Gasteiger charge is 2.20. The van der Waals surface area contributed by atoms with E-state index in [9.17, 15) is 4.79 Å². The number of nitrogens with zero attached hydrogens (tertiary/aromatic N) is 1. The van der Waals surface area contributed by atoms with E-state index >= 15 is 0 Å². The molecule has 24 heavy (non-hydrogen) atoms. The molecule has 2 unspecified atom stereocenters. The number of rotatable bonds is 6. The molecule has 1 amide bonds. The number of anilines is 1. The summed E-state index contributed by atoms with van der Waals surface area (Å²) in [7, 11) is 1.63. The number of thiazole rings is 1. The van der Waals surface area contributed by atoms with E-state index in [1.54, 1.807) is 7.11 Å². The topological polar surface area (TPSA) is 77.2 Å². The highest BCUT2D eigenvalue weighted by atomic mass is 35.5. The Morgan fingerprint density at radius 3 is 2.79 bits per heavy atom. The molecule has 2 aromatic rings. The number of aromatic nitrogens is 1. The zero-order valence-electron chi connectivity index (χ0n) is 14.3. The second-order valence-corrected chi connectivity index (χ2v) is 6.50.